The number of hydrogen-bond donors (Lipinski definition) is 2. The van der Waals surface area contributed by atoms with E-state index in [1.165, 1.54) is 4.88 Å². The number of rotatable bonds is 7. The molecule has 22 heavy (non-hydrogen) atoms. The molecule has 0 aliphatic carbocycles. The molecule has 7 heteroatoms. The Bertz CT molecular complexity index is 726. The van der Waals surface area contributed by atoms with Crippen molar-refractivity contribution >= 4 is 27.0 Å². The van der Waals surface area contributed by atoms with E-state index in [0.29, 0.717) is 5.69 Å². The second-order valence-electron chi connectivity index (χ2n) is 5.03. The van der Waals surface area contributed by atoms with Gasteiger partial charge in [-0.3, -0.25) is 4.72 Å². The van der Waals surface area contributed by atoms with Crippen molar-refractivity contribution < 1.29 is 13.2 Å². The summed E-state index contributed by atoms with van der Waals surface area (Å²) in [4.78, 5) is 1.19. The number of thiophene rings is 1. The van der Waals surface area contributed by atoms with Crippen LogP contribution in [0.2, 0.25) is 0 Å². The fourth-order valence-corrected chi connectivity index (χ4v) is 3.34. The molecule has 0 saturated carbocycles. The zero-order valence-electron chi connectivity index (χ0n) is 12.8. The van der Waals surface area contributed by atoms with Gasteiger partial charge < -0.3 is 10.1 Å². The van der Waals surface area contributed by atoms with Crippen LogP contribution in [0, 0.1) is 0 Å². The average molecular weight is 340 g/mol. The van der Waals surface area contributed by atoms with Gasteiger partial charge in [0.2, 0.25) is 10.0 Å². The molecule has 0 radical (unpaired) electrons. The summed E-state index contributed by atoms with van der Waals surface area (Å²) in [6.45, 7) is 2.78. The van der Waals surface area contributed by atoms with Gasteiger partial charge in [-0.15, -0.1) is 11.3 Å². The van der Waals surface area contributed by atoms with Gasteiger partial charge in [0.25, 0.3) is 0 Å². The van der Waals surface area contributed by atoms with Crippen LogP contribution in [0.1, 0.15) is 23.4 Å². The van der Waals surface area contributed by atoms with Gasteiger partial charge in [-0.1, -0.05) is 12.1 Å². The Kier molecular flexibility index (Phi) is 5.44. The molecule has 0 saturated heterocycles. The van der Waals surface area contributed by atoms with Gasteiger partial charge in [0.15, 0.2) is 5.06 Å². The first-order valence-electron chi connectivity index (χ1n) is 6.81. The molecule has 2 N–H and O–H groups in total. The predicted molar refractivity (Wildman–Crippen MR) is 91.0 cm³/mol. The lowest BCUT2D eigenvalue weighted by atomic mass is 10.1. The van der Waals surface area contributed by atoms with Crippen LogP contribution in [0.3, 0.4) is 0 Å². The molecular formula is C15H20N2O3S2. The number of benzene rings is 1. The molecule has 0 unspecified atom stereocenters. The fraction of sp³-hybridized carbons (Fsp3) is 0.333. The predicted octanol–water partition coefficient (Wildman–Crippen LogP) is 2.98. The number of hydrogen-bond acceptors (Lipinski definition) is 5. The second kappa shape index (κ2) is 7.13. The average Bonchev–Trinajstić information content (AvgIpc) is 2.91. The van der Waals surface area contributed by atoms with Crippen molar-refractivity contribution in [3.63, 3.8) is 0 Å². The summed E-state index contributed by atoms with van der Waals surface area (Å²) in [7, 11) is -1.60. The normalized spacial score (nSPS) is 12.9. The van der Waals surface area contributed by atoms with Crippen LogP contribution in [0.15, 0.2) is 36.4 Å². The van der Waals surface area contributed by atoms with E-state index >= 15 is 0 Å². The third-order valence-electron chi connectivity index (χ3n) is 3.11. The van der Waals surface area contributed by atoms with E-state index in [1.807, 2.05) is 37.3 Å². The minimum atomic E-state index is -3.26. The largest absolute Gasteiger partial charge is 0.487 e. The van der Waals surface area contributed by atoms with E-state index < -0.39 is 10.0 Å². The summed E-state index contributed by atoms with van der Waals surface area (Å²) in [5.41, 5.74) is 1.60. The molecule has 0 fully saturated rings. The summed E-state index contributed by atoms with van der Waals surface area (Å²) in [5, 5.41) is 4.31. The summed E-state index contributed by atoms with van der Waals surface area (Å²) < 4.78 is 30.2. The molecule has 0 spiro atoms. The monoisotopic (exact) mass is 340 g/mol. The van der Waals surface area contributed by atoms with Gasteiger partial charge in [0.05, 0.1) is 13.4 Å². The Hall–Kier alpha value is -1.57. The number of ether oxygens (including phenoxy) is 1. The first-order chi connectivity index (χ1) is 10.4. The smallest absolute Gasteiger partial charge is 0.229 e. The highest BCUT2D eigenvalue weighted by Crippen LogP contribution is 2.25. The molecule has 0 amide bonds. The molecule has 2 aromatic rings. The van der Waals surface area contributed by atoms with Crippen molar-refractivity contribution in [1.29, 1.82) is 0 Å². The summed E-state index contributed by atoms with van der Waals surface area (Å²) >= 11 is 1.60. The Morgan fingerprint density at radius 3 is 2.68 bits per heavy atom. The number of methoxy groups -OCH3 is 1. The number of nitrogens with one attached hydrogen (secondary N) is 2. The van der Waals surface area contributed by atoms with E-state index in [9.17, 15) is 8.42 Å². The van der Waals surface area contributed by atoms with Gasteiger partial charge >= 0.3 is 0 Å². The number of sulfonamides is 1. The molecule has 2 rings (SSSR count). The van der Waals surface area contributed by atoms with Gasteiger partial charge in [-0.05, 0) is 36.8 Å². The van der Waals surface area contributed by atoms with Gasteiger partial charge in [0, 0.05) is 23.2 Å². The van der Waals surface area contributed by atoms with Crippen LogP contribution in [-0.4, -0.2) is 21.8 Å². The van der Waals surface area contributed by atoms with Crippen molar-refractivity contribution in [2.24, 2.45) is 0 Å². The summed E-state index contributed by atoms with van der Waals surface area (Å²) in [6, 6.07) is 11.5. The Balaban J connectivity index is 1.99. The highest BCUT2D eigenvalue weighted by Gasteiger charge is 2.08. The van der Waals surface area contributed by atoms with Crippen LogP contribution < -0.4 is 14.8 Å². The molecule has 120 valence electrons. The lowest BCUT2D eigenvalue weighted by Crippen LogP contribution is -2.18. The van der Waals surface area contributed by atoms with Crippen LogP contribution in [0.4, 0.5) is 5.69 Å². The molecule has 5 nitrogen and oxygen atoms in total. The Morgan fingerprint density at radius 2 is 2.05 bits per heavy atom. The zero-order chi connectivity index (χ0) is 16.2. The standard InChI is InChI=1S/C15H20N2O3S2/c1-11(16-10-14-7-8-15(20-2)21-14)12-5-4-6-13(9-12)17-22(3,18)19/h4-9,11,16-17H,10H2,1-3H3/t11-/m0/s1. The molecule has 0 aliphatic rings. The molecule has 1 heterocycles. The van der Waals surface area contributed by atoms with Crippen LogP contribution in [0.25, 0.3) is 0 Å². The molecule has 1 aromatic carbocycles. The maximum absolute atomic E-state index is 11.3. The maximum atomic E-state index is 11.3. The van der Waals surface area contributed by atoms with Gasteiger partial charge in [-0.25, -0.2) is 8.42 Å². The molecular weight excluding hydrogens is 320 g/mol. The van der Waals surface area contributed by atoms with E-state index in [0.717, 1.165) is 23.4 Å². The third-order valence-corrected chi connectivity index (χ3v) is 4.76. The van der Waals surface area contributed by atoms with Crippen LogP contribution in [0.5, 0.6) is 5.06 Å². The maximum Gasteiger partial charge on any atom is 0.229 e. The van der Waals surface area contributed by atoms with Crippen LogP contribution in [-0.2, 0) is 16.6 Å². The molecule has 0 aliphatic heterocycles. The topological polar surface area (TPSA) is 67.4 Å². The highest BCUT2D eigenvalue weighted by atomic mass is 32.2. The van der Waals surface area contributed by atoms with E-state index in [-0.39, 0.29) is 6.04 Å². The fourth-order valence-electron chi connectivity index (χ4n) is 2.02. The second-order valence-corrected chi connectivity index (χ2v) is 7.91. The minimum Gasteiger partial charge on any atom is -0.487 e. The lowest BCUT2D eigenvalue weighted by molar-refractivity contribution is 0.427. The van der Waals surface area contributed by atoms with Gasteiger partial charge in [0.1, 0.15) is 0 Å². The molecule has 0 bridgehead atoms. The van der Waals surface area contributed by atoms with E-state index in [2.05, 4.69) is 10.0 Å². The summed E-state index contributed by atoms with van der Waals surface area (Å²) in [6.07, 6.45) is 1.14. The zero-order valence-corrected chi connectivity index (χ0v) is 14.4. The minimum absolute atomic E-state index is 0.106. The van der Waals surface area contributed by atoms with E-state index in [4.69, 9.17) is 4.74 Å². The lowest BCUT2D eigenvalue weighted by Gasteiger charge is -2.15. The first-order valence-corrected chi connectivity index (χ1v) is 9.52. The Labute approximate surface area is 135 Å². The van der Waals surface area contributed by atoms with E-state index in [1.54, 1.807) is 24.5 Å². The highest BCUT2D eigenvalue weighted by molar-refractivity contribution is 7.92. The van der Waals surface area contributed by atoms with Crippen molar-refractivity contribution in [3.05, 3.63) is 46.8 Å². The molecule has 1 aromatic heterocycles. The first kappa shape index (κ1) is 16.8. The van der Waals surface area contributed by atoms with Crippen LogP contribution >= 0.6 is 11.3 Å². The summed E-state index contributed by atoms with van der Waals surface area (Å²) in [5.74, 6) is 0. The van der Waals surface area contributed by atoms with Crippen molar-refractivity contribution in [3.8, 4) is 5.06 Å². The van der Waals surface area contributed by atoms with Crippen molar-refractivity contribution in [1.82, 2.24) is 5.32 Å². The van der Waals surface area contributed by atoms with Crippen molar-refractivity contribution in [2.75, 3.05) is 18.1 Å². The van der Waals surface area contributed by atoms with Gasteiger partial charge in [-0.2, -0.15) is 0 Å². The third kappa shape index (κ3) is 5.01. The number of anilines is 1. The Morgan fingerprint density at radius 1 is 1.27 bits per heavy atom. The van der Waals surface area contributed by atoms with Crippen molar-refractivity contribution in [2.45, 2.75) is 19.5 Å². The molecule has 1 atom stereocenters. The quantitative estimate of drug-likeness (QED) is 0.813. The SMILES string of the molecule is COc1ccc(CN[C@@H](C)c2cccc(NS(C)(=O)=O)c2)s1.